The van der Waals surface area contributed by atoms with Gasteiger partial charge >= 0.3 is 0 Å². The van der Waals surface area contributed by atoms with Crippen molar-refractivity contribution in [1.82, 2.24) is 9.97 Å². The molecule has 2 aromatic heterocycles. The first-order chi connectivity index (χ1) is 11.7. The molecule has 2 N–H and O–H groups in total. The molecule has 0 bridgehead atoms. The van der Waals surface area contributed by atoms with Gasteiger partial charge in [0.15, 0.2) is 0 Å². The van der Waals surface area contributed by atoms with Gasteiger partial charge in [-0.3, -0.25) is 5.43 Å². The van der Waals surface area contributed by atoms with Crippen molar-refractivity contribution in [2.45, 2.75) is 0 Å². The number of H-pyrrole nitrogens is 1. The number of benzene rings is 2. The maximum atomic E-state index is 6.18. The highest BCUT2D eigenvalue weighted by molar-refractivity contribution is 6.45. The fraction of sp³-hybridized carbons (Fsp3) is 0. The van der Waals surface area contributed by atoms with E-state index in [0.717, 1.165) is 27.4 Å². The van der Waals surface area contributed by atoms with Crippen LogP contribution in [0.5, 0.6) is 0 Å². The second-order valence-corrected chi connectivity index (χ2v) is 6.07. The molecular weight excluding hydrogens is 343 g/mol. The van der Waals surface area contributed by atoms with Gasteiger partial charge in [0.1, 0.15) is 5.82 Å². The molecule has 6 heteroatoms. The van der Waals surface area contributed by atoms with Gasteiger partial charge in [0.2, 0.25) is 0 Å². The standard InChI is InChI=1S/C18H12Cl2N4/c19-14-6-7-16-13(18(14)20)5-8-17(23-16)24-22-10-11-9-21-15-4-2-1-3-12(11)15/h1-10,21H,(H,23,24)/b22-10+. The zero-order chi connectivity index (χ0) is 16.5. The summed E-state index contributed by atoms with van der Waals surface area (Å²) in [7, 11) is 0. The summed E-state index contributed by atoms with van der Waals surface area (Å²) in [6.45, 7) is 0. The quantitative estimate of drug-likeness (QED) is 0.378. The van der Waals surface area contributed by atoms with E-state index in [-0.39, 0.29) is 0 Å². The van der Waals surface area contributed by atoms with Crippen molar-refractivity contribution < 1.29 is 0 Å². The number of hydrogen-bond acceptors (Lipinski definition) is 3. The van der Waals surface area contributed by atoms with Crippen molar-refractivity contribution in [3.63, 3.8) is 0 Å². The molecule has 0 aliphatic rings. The summed E-state index contributed by atoms with van der Waals surface area (Å²) in [5, 5.41) is 7.23. The number of halogens is 2. The van der Waals surface area contributed by atoms with Gasteiger partial charge in [0, 0.05) is 28.0 Å². The summed E-state index contributed by atoms with van der Waals surface area (Å²) in [5.41, 5.74) is 5.79. The second-order valence-electron chi connectivity index (χ2n) is 5.28. The molecule has 118 valence electrons. The van der Waals surface area contributed by atoms with E-state index >= 15 is 0 Å². The Kier molecular flexibility index (Phi) is 3.84. The number of fused-ring (bicyclic) bond motifs is 2. The predicted octanol–water partition coefficient (Wildman–Crippen LogP) is 5.47. The third-order valence-electron chi connectivity index (χ3n) is 3.76. The molecule has 0 spiro atoms. The number of nitrogens with one attached hydrogen (secondary N) is 2. The van der Waals surface area contributed by atoms with Crippen molar-refractivity contribution in [2.24, 2.45) is 5.10 Å². The topological polar surface area (TPSA) is 53.1 Å². The van der Waals surface area contributed by atoms with Crippen molar-refractivity contribution in [1.29, 1.82) is 0 Å². The number of hydrazone groups is 1. The Morgan fingerprint density at radius 2 is 1.88 bits per heavy atom. The molecule has 2 aromatic carbocycles. The summed E-state index contributed by atoms with van der Waals surface area (Å²) in [4.78, 5) is 7.69. The molecule has 24 heavy (non-hydrogen) atoms. The number of rotatable bonds is 3. The number of aromatic nitrogens is 2. The Balaban J connectivity index is 1.59. The molecule has 0 aliphatic heterocycles. The number of pyridine rings is 1. The fourth-order valence-electron chi connectivity index (χ4n) is 2.57. The molecule has 0 amide bonds. The van der Waals surface area contributed by atoms with Crippen LogP contribution in [-0.2, 0) is 0 Å². The Hall–Kier alpha value is -2.56. The molecule has 2 heterocycles. The minimum Gasteiger partial charge on any atom is -0.361 e. The number of para-hydroxylation sites is 1. The van der Waals surface area contributed by atoms with Crippen LogP contribution >= 0.6 is 23.2 Å². The van der Waals surface area contributed by atoms with Crippen molar-refractivity contribution in [3.05, 3.63) is 70.3 Å². The van der Waals surface area contributed by atoms with Gasteiger partial charge in [-0.1, -0.05) is 41.4 Å². The van der Waals surface area contributed by atoms with Crippen LogP contribution in [0.4, 0.5) is 5.82 Å². The molecule has 0 fully saturated rings. The smallest absolute Gasteiger partial charge is 0.146 e. The maximum absolute atomic E-state index is 6.18. The van der Waals surface area contributed by atoms with Crippen LogP contribution in [0.1, 0.15) is 5.56 Å². The van der Waals surface area contributed by atoms with Gasteiger partial charge in [-0.2, -0.15) is 5.10 Å². The molecule has 0 unspecified atom stereocenters. The second kappa shape index (κ2) is 6.15. The minimum atomic E-state index is 0.510. The van der Waals surface area contributed by atoms with Crippen molar-refractivity contribution in [2.75, 3.05) is 5.43 Å². The SMILES string of the molecule is Clc1ccc2nc(N/N=C/c3c[nH]c4ccccc34)ccc2c1Cl. The van der Waals surface area contributed by atoms with Crippen LogP contribution in [0, 0.1) is 0 Å². The molecule has 0 saturated carbocycles. The van der Waals surface area contributed by atoms with Crippen LogP contribution in [0.3, 0.4) is 0 Å². The van der Waals surface area contributed by atoms with Crippen LogP contribution in [0.25, 0.3) is 21.8 Å². The molecule has 4 nitrogen and oxygen atoms in total. The Morgan fingerprint density at radius 3 is 2.79 bits per heavy atom. The molecule has 0 aliphatic carbocycles. The highest BCUT2D eigenvalue weighted by Crippen LogP contribution is 2.30. The fourth-order valence-corrected chi connectivity index (χ4v) is 2.96. The lowest BCUT2D eigenvalue weighted by atomic mass is 10.2. The van der Waals surface area contributed by atoms with Crippen LogP contribution in [0.15, 0.2) is 59.8 Å². The van der Waals surface area contributed by atoms with E-state index in [1.165, 1.54) is 0 Å². The van der Waals surface area contributed by atoms with E-state index in [1.54, 1.807) is 12.3 Å². The Morgan fingerprint density at radius 1 is 1.00 bits per heavy atom. The Bertz CT molecular complexity index is 1070. The third-order valence-corrected chi connectivity index (χ3v) is 4.58. The Labute approximate surface area is 148 Å². The van der Waals surface area contributed by atoms with Gasteiger partial charge in [-0.25, -0.2) is 4.98 Å². The number of anilines is 1. The maximum Gasteiger partial charge on any atom is 0.146 e. The number of aromatic amines is 1. The van der Waals surface area contributed by atoms with Crippen LogP contribution in [0.2, 0.25) is 10.0 Å². The molecule has 4 rings (SSSR count). The van der Waals surface area contributed by atoms with Gasteiger partial charge in [0.05, 0.1) is 21.8 Å². The summed E-state index contributed by atoms with van der Waals surface area (Å²) >= 11 is 12.2. The normalized spacial score (nSPS) is 11.6. The minimum absolute atomic E-state index is 0.510. The van der Waals surface area contributed by atoms with E-state index in [0.29, 0.717) is 15.9 Å². The van der Waals surface area contributed by atoms with Crippen LogP contribution < -0.4 is 5.43 Å². The molecular formula is C18H12Cl2N4. The zero-order valence-electron chi connectivity index (χ0n) is 12.4. The van der Waals surface area contributed by atoms with Gasteiger partial charge in [-0.15, -0.1) is 0 Å². The van der Waals surface area contributed by atoms with Crippen molar-refractivity contribution >= 4 is 57.0 Å². The first-order valence-electron chi connectivity index (χ1n) is 7.32. The summed E-state index contributed by atoms with van der Waals surface area (Å²) in [6.07, 6.45) is 3.69. The number of nitrogens with zero attached hydrogens (tertiary/aromatic N) is 2. The zero-order valence-corrected chi connectivity index (χ0v) is 13.9. The van der Waals surface area contributed by atoms with E-state index < -0.39 is 0 Å². The molecule has 4 aromatic rings. The molecule has 0 radical (unpaired) electrons. The predicted molar refractivity (Wildman–Crippen MR) is 101 cm³/mol. The van der Waals surface area contributed by atoms with E-state index in [2.05, 4.69) is 20.5 Å². The first-order valence-corrected chi connectivity index (χ1v) is 8.08. The third kappa shape index (κ3) is 2.70. The summed E-state index contributed by atoms with van der Waals surface area (Å²) < 4.78 is 0. The highest BCUT2D eigenvalue weighted by atomic mass is 35.5. The lowest BCUT2D eigenvalue weighted by molar-refractivity contribution is 1.26. The van der Waals surface area contributed by atoms with Gasteiger partial charge in [-0.05, 0) is 30.3 Å². The number of hydrogen-bond donors (Lipinski definition) is 2. The lowest BCUT2D eigenvalue weighted by Crippen LogP contribution is -1.93. The van der Waals surface area contributed by atoms with E-state index in [1.807, 2.05) is 48.7 Å². The monoisotopic (exact) mass is 354 g/mol. The van der Waals surface area contributed by atoms with Gasteiger partial charge < -0.3 is 4.98 Å². The largest absolute Gasteiger partial charge is 0.361 e. The molecule has 0 atom stereocenters. The highest BCUT2D eigenvalue weighted by Gasteiger charge is 2.05. The van der Waals surface area contributed by atoms with E-state index in [9.17, 15) is 0 Å². The van der Waals surface area contributed by atoms with Crippen molar-refractivity contribution in [3.8, 4) is 0 Å². The first kappa shape index (κ1) is 15.0. The van der Waals surface area contributed by atoms with Gasteiger partial charge in [0.25, 0.3) is 0 Å². The van der Waals surface area contributed by atoms with Crippen LogP contribution in [-0.4, -0.2) is 16.2 Å². The van der Waals surface area contributed by atoms with E-state index in [4.69, 9.17) is 23.2 Å². The summed E-state index contributed by atoms with van der Waals surface area (Å²) in [5.74, 6) is 0.636. The average molecular weight is 355 g/mol. The molecule has 0 saturated heterocycles. The summed E-state index contributed by atoms with van der Waals surface area (Å²) in [6, 6.07) is 15.3. The average Bonchev–Trinajstić information content (AvgIpc) is 3.02. The lowest BCUT2D eigenvalue weighted by Gasteiger charge is -2.04.